The summed E-state index contributed by atoms with van der Waals surface area (Å²) < 4.78 is 11.6. The monoisotopic (exact) mass is 304 g/mol. The van der Waals surface area contributed by atoms with Gasteiger partial charge in [0.2, 0.25) is 11.2 Å². The third kappa shape index (κ3) is 1.55. The van der Waals surface area contributed by atoms with Crippen LogP contribution in [0.25, 0.3) is 21.6 Å². The Labute approximate surface area is 123 Å². The molecule has 0 spiro atoms. The van der Waals surface area contributed by atoms with Gasteiger partial charge in [-0.2, -0.15) is 0 Å². The van der Waals surface area contributed by atoms with Gasteiger partial charge in [0.1, 0.15) is 11.7 Å². The zero-order valence-electron chi connectivity index (χ0n) is 10.5. The van der Waals surface area contributed by atoms with Crippen LogP contribution < -0.4 is 10.2 Å². The predicted octanol–water partition coefficient (Wildman–Crippen LogP) is 4.63. The summed E-state index contributed by atoms with van der Waals surface area (Å²) in [5, 5.41) is 2.93. The lowest BCUT2D eigenvalue weighted by atomic mass is 10.1. The highest BCUT2D eigenvalue weighted by Gasteiger charge is 2.29. The van der Waals surface area contributed by atoms with Crippen LogP contribution in [0.4, 0.5) is 0 Å². The van der Waals surface area contributed by atoms with E-state index in [1.165, 1.54) is 0 Å². The molecule has 0 amide bonds. The van der Waals surface area contributed by atoms with Crippen molar-refractivity contribution in [2.24, 2.45) is 0 Å². The van der Waals surface area contributed by atoms with Crippen LogP contribution in [0.1, 0.15) is 18.6 Å². The molecule has 0 fully saturated rings. The van der Waals surface area contributed by atoms with E-state index >= 15 is 0 Å². The number of rotatable bonds is 0. The van der Waals surface area contributed by atoms with Gasteiger partial charge in [-0.05, 0) is 36.6 Å². The summed E-state index contributed by atoms with van der Waals surface area (Å²) in [5.41, 5.74) is 1.41. The summed E-state index contributed by atoms with van der Waals surface area (Å²) in [4.78, 5) is 13.5. The van der Waals surface area contributed by atoms with E-state index in [2.05, 4.69) is 0 Å². The molecule has 0 bridgehead atoms. The summed E-state index contributed by atoms with van der Waals surface area (Å²) in [6.45, 7) is 1.93. The van der Waals surface area contributed by atoms with E-state index in [0.29, 0.717) is 21.8 Å². The molecular weight excluding hydrogens is 296 g/mol. The largest absolute Gasteiger partial charge is 0.478 e. The van der Waals surface area contributed by atoms with Gasteiger partial charge in [0.25, 0.3) is 0 Å². The van der Waals surface area contributed by atoms with Gasteiger partial charge in [-0.15, -0.1) is 11.3 Å². The molecule has 4 rings (SSSR count). The Morgan fingerprint density at radius 3 is 3.00 bits per heavy atom. The zero-order chi connectivity index (χ0) is 13.9. The summed E-state index contributed by atoms with van der Waals surface area (Å²) in [6.07, 6.45) is -0.150. The van der Waals surface area contributed by atoms with Gasteiger partial charge in [0, 0.05) is 10.6 Å². The van der Waals surface area contributed by atoms with Gasteiger partial charge in [-0.25, -0.2) is 0 Å². The predicted molar refractivity (Wildman–Crippen MR) is 79.9 cm³/mol. The zero-order valence-corrected chi connectivity index (χ0v) is 12.0. The molecule has 1 aliphatic rings. The van der Waals surface area contributed by atoms with Crippen LogP contribution in [-0.2, 0) is 0 Å². The van der Waals surface area contributed by atoms with Gasteiger partial charge < -0.3 is 9.15 Å². The van der Waals surface area contributed by atoms with Crippen LogP contribution >= 0.6 is 22.9 Å². The van der Waals surface area contributed by atoms with Crippen molar-refractivity contribution < 1.29 is 9.15 Å². The molecule has 3 heterocycles. The Balaban J connectivity index is 2.13. The fourth-order valence-electron chi connectivity index (χ4n) is 2.47. The van der Waals surface area contributed by atoms with Crippen LogP contribution in [0.5, 0.6) is 5.75 Å². The lowest BCUT2D eigenvalue weighted by Gasteiger charge is -2.22. The first-order chi connectivity index (χ1) is 9.65. The first kappa shape index (κ1) is 12.0. The number of benzene rings is 1. The molecule has 0 saturated heterocycles. The maximum Gasteiger partial charge on any atom is 0.235 e. The molecule has 3 nitrogen and oxygen atoms in total. The molecule has 0 aliphatic carbocycles. The second-order valence-corrected chi connectivity index (χ2v) is 6.05. The van der Waals surface area contributed by atoms with E-state index in [-0.39, 0.29) is 17.3 Å². The van der Waals surface area contributed by atoms with Gasteiger partial charge in [-0.3, -0.25) is 4.79 Å². The van der Waals surface area contributed by atoms with E-state index in [0.717, 1.165) is 10.4 Å². The molecule has 0 saturated carbocycles. The van der Waals surface area contributed by atoms with Crippen LogP contribution in [0.15, 0.2) is 38.9 Å². The van der Waals surface area contributed by atoms with Crippen molar-refractivity contribution in [3.8, 4) is 16.4 Å². The Hall–Kier alpha value is -1.78. The molecular formula is C15H9ClO3S. The molecule has 1 atom stereocenters. The van der Waals surface area contributed by atoms with E-state index < -0.39 is 0 Å². The molecule has 5 heteroatoms. The minimum absolute atomic E-state index is 0.150. The average molecular weight is 305 g/mol. The third-order valence-corrected chi connectivity index (χ3v) is 4.61. The highest BCUT2D eigenvalue weighted by molar-refractivity contribution is 7.13. The first-order valence-electron chi connectivity index (χ1n) is 6.16. The SMILES string of the molecule is CC1Oc2c(oc3ccc(Cl)cc3c2=O)-c2sccc21. The molecule has 1 aromatic carbocycles. The maximum absolute atomic E-state index is 12.6. The van der Waals surface area contributed by atoms with E-state index in [1.807, 2.05) is 18.4 Å². The maximum atomic E-state index is 12.6. The fourth-order valence-corrected chi connectivity index (χ4v) is 3.61. The van der Waals surface area contributed by atoms with Crippen LogP contribution in [0.2, 0.25) is 5.02 Å². The molecule has 0 N–H and O–H groups in total. The number of hydrogen-bond acceptors (Lipinski definition) is 4. The Kier molecular flexibility index (Phi) is 2.46. The molecule has 3 aromatic rings. The van der Waals surface area contributed by atoms with Crippen molar-refractivity contribution >= 4 is 33.9 Å². The number of fused-ring (bicyclic) bond motifs is 4. The van der Waals surface area contributed by atoms with Crippen molar-refractivity contribution in [3.05, 3.63) is 50.5 Å². The van der Waals surface area contributed by atoms with Gasteiger partial charge in [0.05, 0.1) is 10.3 Å². The normalized spacial score (nSPS) is 16.6. The van der Waals surface area contributed by atoms with Crippen LogP contribution in [0.3, 0.4) is 0 Å². The molecule has 2 aromatic heterocycles. The lowest BCUT2D eigenvalue weighted by molar-refractivity contribution is 0.216. The second-order valence-electron chi connectivity index (χ2n) is 4.70. The Morgan fingerprint density at radius 1 is 1.30 bits per heavy atom. The fraction of sp³-hybridized carbons (Fsp3) is 0.133. The van der Waals surface area contributed by atoms with Gasteiger partial charge in [0.15, 0.2) is 5.76 Å². The molecule has 100 valence electrons. The highest BCUT2D eigenvalue weighted by atomic mass is 35.5. The van der Waals surface area contributed by atoms with E-state index in [9.17, 15) is 4.79 Å². The second kappa shape index (κ2) is 4.11. The van der Waals surface area contributed by atoms with Gasteiger partial charge >= 0.3 is 0 Å². The van der Waals surface area contributed by atoms with Crippen molar-refractivity contribution in [1.82, 2.24) is 0 Å². The van der Waals surface area contributed by atoms with Crippen molar-refractivity contribution in [3.63, 3.8) is 0 Å². The summed E-state index contributed by atoms with van der Waals surface area (Å²) in [6, 6.07) is 7.03. The first-order valence-corrected chi connectivity index (χ1v) is 7.41. The molecule has 0 radical (unpaired) electrons. The Bertz CT molecular complexity index is 894. The molecule has 1 aliphatic heterocycles. The average Bonchev–Trinajstić information content (AvgIpc) is 2.92. The van der Waals surface area contributed by atoms with Crippen molar-refractivity contribution in [2.45, 2.75) is 13.0 Å². The van der Waals surface area contributed by atoms with E-state index in [4.69, 9.17) is 20.8 Å². The minimum Gasteiger partial charge on any atom is -0.478 e. The summed E-state index contributed by atoms with van der Waals surface area (Å²) in [7, 11) is 0. The molecule has 20 heavy (non-hydrogen) atoms. The standard InChI is InChI=1S/C15H9ClO3S/c1-7-9-4-5-20-15(9)14-13(18-7)12(17)10-6-8(16)2-3-11(10)19-14/h2-7H,1H3. The summed E-state index contributed by atoms with van der Waals surface area (Å²) in [5.74, 6) is 0.801. The Morgan fingerprint density at radius 2 is 2.15 bits per heavy atom. The quantitative estimate of drug-likeness (QED) is 0.608. The van der Waals surface area contributed by atoms with Crippen molar-refractivity contribution in [2.75, 3.05) is 0 Å². The van der Waals surface area contributed by atoms with Crippen molar-refractivity contribution in [1.29, 1.82) is 0 Å². The van der Waals surface area contributed by atoms with Crippen LogP contribution in [0, 0.1) is 0 Å². The number of ether oxygens (including phenoxy) is 1. The van der Waals surface area contributed by atoms with Gasteiger partial charge in [-0.1, -0.05) is 11.6 Å². The number of hydrogen-bond donors (Lipinski definition) is 0. The van der Waals surface area contributed by atoms with Crippen LogP contribution in [-0.4, -0.2) is 0 Å². The number of thiophene rings is 1. The van der Waals surface area contributed by atoms with E-state index in [1.54, 1.807) is 29.5 Å². The number of halogens is 1. The highest BCUT2D eigenvalue weighted by Crippen LogP contribution is 2.44. The summed E-state index contributed by atoms with van der Waals surface area (Å²) >= 11 is 7.50. The molecule has 1 unspecified atom stereocenters. The smallest absolute Gasteiger partial charge is 0.235 e. The topological polar surface area (TPSA) is 39.4 Å². The minimum atomic E-state index is -0.172. The lowest BCUT2D eigenvalue weighted by Crippen LogP contribution is -2.16. The third-order valence-electron chi connectivity index (χ3n) is 3.45.